The number of nitrogens with one attached hydrogen (secondary N) is 1. The van der Waals surface area contributed by atoms with Crippen LogP contribution >= 0.6 is 11.6 Å². The van der Waals surface area contributed by atoms with Crippen molar-refractivity contribution >= 4 is 27.6 Å². The van der Waals surface area contributed by atoms with Gasteiger partial charge >= 0.3 is 12.1 Å². The molecule has 0 heterocycles. The van der Waals surface area contributed by atoms with Crippen molar-refractivity contribution in [3.63, 3.8) is 0 Å². The molecule has 0 aliphatic heterocycles. The van der Waals surface area contributed by atoms with Gasteiger partial charge in [0.05, 0.1) is 10.6 Å². The van der Waals surface area contributed by atoms with Crippen molar-refractivity contribution in [3.8, 4) is 0 Å². The highest BCUT2D eigenvalue weighted by molar-refractivity contribution is 7.89. The molecular formula is C10H9ClF3NO5S. The van der Waals surface area contributed by atoms with E-state index in [4.69, 9.17) is 21.8 Å². The normalized spacial score (nSPS) is 14.0. The average Bonchev–Trinajstić information content (AvgIpc) is 2.34. The molecule has 0 fully saturated rings. The van der Waals surface area contributed by atoms with Crippen molar-refractivity contribution in [2.45, 2.75) is 17.2 Å². The molecule has 0 unspecified atom stereocenters. The lowest BCUT2D eigenvalue weighted by molar-refractivity contribution is -0.146. The molecule has 0 radical (unpaired) electrons. The Morgan fingerprint density at radius 1 is 1.38 bits per heavy atom. The van der Waals surface area contributed by atoms with Crippen LogP contribution in [0.2, 0.25) is 5.02 Å². The summed E-state index contributed by atoms with van der Waals surface area (Å²) in [4.78, 5) is 9.48. The number of benzene rings is 1. The van der Waals surface area contributed by atoms with Gasteiger partial charge in [-0.1, -0.05) is 11.6 Å². The Morgan fingerprint density at radius 3 is 2.43 bits per heavy atom. The highest BCUT2D eigenvalue weighted by Gasteiger charge is 2.33. The second-order valence-corrected chi connectivity index (χ2v) is 5.99. The smallest absolute Gasteiger partial charge is 0.416 e. The van der Waals surface area contributed by atoms with E-state index in [1.54, 1.807) is 4.72 Å². The molecule has 21 heavy (non-hydrogen) atoms. The van der Waals surface area contributed by atoms with Gasteiger partial charge in [0.25, 0.3) is 0 Å². The summed E-state index contributed by atoms with van der Waals surface area (Å²) < 4.78 is 62.8. The number of aliphatic carboxylic acids is 1. The Labute approximate surface area is 122 Å². The van der Waals surface area contributed by atoms with Crippen LogP contribution in [0.5, 0.6) is 0 Å². The van der Waals surface area contributed by atoms with Gasteiger partial charge in [0.15, 0.2) is 6.10 Å². The van der Waals surface area contributed by atoms with Crippen LogP contribution < -0.4 is 4.72 Å². The average molecular weight is 348 g/mol. The van der Waals surface area contributed by atoms with Gasteiger partial charge in [-0.25, -0.2) is 17.9 Å². The summed E-state index contributed by atoms with van der Waals surface area (Å²) in [7, 11) is -4.51. The molecule has 0 bridgehead atoms. The molecular weight excluding hydrogens is 339 g/mol. The summed E-state index contributed by atoms with van der Waals surface area (Å²) in [5, 5.41) is 16.9. The fourth-order valence-electron chi connectivity index (χ4n) is 1.24. The molecule has 6 nitrogen and oxygen atoms in total. The monoisotopic (exact) mass is 347 g/mol. The van der Waals surface area contributed by atoms with E-state index in [1.165, 1.54) is 0 Å². The SMILES string of the molecule is O=C(O)[C@@H](O)CNS(=O)(=O)c1cc(C(F)(F)F)ccc1Cl. The molecule has 0 saturated heterocycles. The van der Waals surface area contributed by atoms with E-state index in [-0.39, 0.29) is 0 Å². The van der Waals surface area contributed by atoms with Crippen LogP contribution in [0, 0.1) is 0 Å². The molecule has 0 spiro atoms. The van der Waals surface area contributed by atoms with Crippen molar-refractivity contribution in [2.24, 2.45) is 0 Å². The van der Waals surface area contributed by atoms with Crippen LogP contribution in [0.1, 0.15) is 5.56 Å². The number of halogens is 4. The first-order valence-electron chi connectivity index (χ1n) is 5.22. The fourth-order valence-corrected chi connectivity index (χ4v) is 2.80. The molecule has 0 aliphatic carbocycles. The Hall–Kier alpha value is -1.36. The Morgan fingerprint density at radius 2 is 1.95 bits per heavy atom. The van der Waals surface area contributed by atoms with Gasteiger partial charge in [-0.15, -0.1) is 0 Å². The number of carbonyl (C=O) groups is 1. The number of aliphatic hydroxyl groups is 1. The Balaban J connectivity index is 3.11. The maximum Gasteiger partial charge on any atom is 0.416 e. The van der Waals surface area contributed by atoms with Gasteiger partial charge < -0.3 is 10.2 Å². The lowest BCUT2D eigenvalue weighted by Gasteiger charge is -2.12. The van der Waals surface area contributed by atoms with Crippen LogP contribution in [-0.2, 0) is 21.0 Å². The van der Waals surface area contributed by atoms with Crippen LogP contribution in [0.15, 0.2) is 23.1 Å². The van der Waals surface area contributed by atoms with Gasteiger partial charge in [-0.3, -0.25) is 0 Å². The number of carboxylic acid groups (broad SMARTS) is 1. The van der Waals surface area contributed by atoms with Gasteiger partial charge in [-0.2, -0.15) is 13.2 Å². The van der Waals surface area contributed by atoms with E-state index in [2.05, 4.69) is 0 Å². The van der Waals surface area contributed by atoms with Crippen molar-refractivity contribution in [2.75, 3.05) is 6.54 Å². The minimum atomic E-state index is -4.77. The lowest BCUT2D eigenvalue weighted by atomic mass is 10.2. The van der Waals surface area contributed by atoms with Gasteiger partial charge in [0, 0.05) is 6.54 Å². The summed E-state index contributed by atoms with van der Waals surface area (Å²) in [6.45, 7) is -0.912. The van der Waals surface area contributed by atoms with Crippen LogP contribution in [0.25, 0.3) is 0 Å². The molecule has 1 aromatic carbocycles. The van der Waals surface area contributed by atoms with E-state index in [1.807, 2.05) is 0 Å². The number of carboxylic acids is 1. The third-order valence-corrected chi connectivity index (χ3v) is 4.20. The number of sulfonamides is 1. The van der Waals surface area contributed by atoms with Crippen molar-refractivity contribution in [1.29, 1.82) is 0 Å². The van der Waals surface area contributed by atoms with E-state index in [9.17, 15) is 26.4 Å². The quantitative estimate of drug-likeness (QED) is 0.739. The molecule has 0 aliphatic rings. The molecule has 118 valence electrons. The highest BCUT2D eigenvalue weighted by Crippen LogP contribution is 2.33. The zero-order valence-corrected chi connectivity index (χ0v) is 11.6. The second kappa shape index (κ2) is 6.18. The maximum absolute atomic E-state index is 12.5. The Bertz CT molecular complexity index is 647. The molecule has 1 rings (SSSR count). The topological polar surface area (TPSA) is 104 Å². The summed E-state index contributed by atoms with van der Waals surface area (Å²) in [5.41, 5.74) is -1.23. The van der Waals surface area contributed by atoms with E-state index < -0.39 is 50.3 Å². The summed E-state index contributed by atoms with van der Waals surface area (Å²) in [6, 6.07) is 1.68. The predicted molar refractivity (Wildman–Crippen MR) is 65.3 cm³/mol. The minimum absolute atomic E-state index is 0.317. The summed E-state index contributed by atoms with van der Waals surface area (Å²) in [6.07, 6.45) is -6.81. The van der Waals surface area contributed by atoms with E-state index >= 15 is 0 Å². The lowest BCUT2D eigenvalue weighted by Crippen LogP contribution is -2.36. The molecule has 0 amide bonds. The summed E-state index contributed by atoms with van der Waals surface area (Å²) >= 11 is 5.54. The first-order chi connectivity index (χ1) is 9.45. The first-order valence-corrected chi connectivity index (χ1v) is 7.08. The fraction of sp³-hybridized carbons (Fsp3) is 0.300. The van der Waals surface area contributed by atoms with E-state index in [0.29, 0.717) is 12.1 Å². The van der Waals surface area contributed by atoms with Crippen molar-refractivity contribution < 1.29 is 36.6 Å². The number of rotatable bonds is 5. The van der Waals surface area contributed by atoms with Crippen molar-refractivity contribution in [1.82, 2.24) is 4.72 Å². The number of aliphatic hydroxyl groups excluding tert-OH is 1. The van der Waals surface area contributed by atoms with Crippen LogP contribution in [0.4, 0.5) is 13.2 Å². The predicted octanol–water partition coefficient (Wildman–Crippen LogP) is 1.08. The minimum Gasteiger partial charge on any atom is -0.479 e. The number of alkyl halides is 3. The van der Waals surface area contributed by atoms with Crippen LogP contribution in [0.3, 0.4) is 0 Å². The maximum atomic E-state index is 12.5. The van der Waals surface area contributed by atoms with Gasteiger partial charge in [-0.05, 0) is 18.2 Å². The van der Waals surface area contributed by atoms with Gasteiger partial charge in [0.1, 0.15) is 4.90 Å². The van der Waals surface area contributed by atoms with E-state index in [0.717, 1.165) is 6.07 Å². The molecule has 11 heteroatoms. The Kier molecular flexibility index (Phi) is 5.20. The molecule has 1 aromatic rings. The highest BCUT2D eigenvalue weighted by atomic mass is 35.5. The molecule has 1 atom stereocenters. The molecule has 0 aromatic heterocycles. The van der Waals surface area contributed by atoms with Gasteiger partial charge in [0.2, 0.25) is 10.0 Å². The standard InChI is InChI=1S/C10H9ClF3NO5S/c11-6-2-1-5(10(12,13)14)3-8(6)21(19,20)15-4-7(16)9(17)18/h1-3,7,15-16H,4H2,(H,17,18)/t7-/m0/s1. The largest absolute Gasteiger partial charge is 0.479 e. The zero-order chi connectivity index (χ0) is 16.4. The third-order valence-electron chi connectivity index (χ3n) is 2.30. The number of hydrogen-bond acceptors (Lipinski definition) is 4. The third kappa shape index (κ3) is 4.56. The molecule has 3 N–H and O–H groups in total. The zero-order valence-electron chi connectivity index (χ0n) is 10.1. The first kappa shape index (κ1) is 17.7. The number of hydrogen-bond donors (Lipinski definition) is 3. The van der Waals surface area contributed by atoms with Crippen molar-refractivity contribution in [3.05, 3.63) is 28.8 Å². The van der Waals surface area contributed by atoms with Crippen LogP contribution in [-0.4, -0.2) is 37.2 Å². The summed E-state index contributed by atoms with van der Waals surface area (Å²) in [5.74, 6) is -1.69. The second-order valence-electron chi connectivity index (χ2n) is 3.85. The molecule has 0 saturated carbocycles.